The van der Waals surface area contributed by atoms with Gasteiger partial charge in [-0.2, -0.15) is 4.68 Å². The maximum Gasteiger partial charge on any atom is 0.257 e. The molecule has 1 N–H and O–H groups in total. The van der Waals surface area contributed by atoms with Crippen LogP contribution in [0.25, 0.3) is 5.69 Å². The van der Waals surface area contributed by atoms with Crippen molar-refractivity contribution in [1.29, 1.82) is 0 Å². The van der Waals surface area contributed by atoms with Crippen molar-refractivity contribution in [3.63, 3.8) is 0 Å². The van der Waals surface area contributed by atoms with E-state index in [-0.39, 0.29) is 5.91 Å². The zero-order valence-electron chi connectivity index (χ0n) is 17.6. The van der Waals surface area contributed by atoms with Crippen molar-refractivity contribution in [3.8, 4) is 5.69 Å². The van der Waals surface area contributed by atoms with E-state index in [0.717, 1.165) is 33.9 Å². The van der Waals surface area contributed by atoms with Gasteiger partial charge in [0.15, 0.2) is 5.82 Å². The molecule has 2 heterocycles. The fourth-order valence-corrected chi connectivity index (χ4v) is 4.48. The first kappa shape index (κ1) is 19.4. The second kappa shape index (κ2) is 7.81. The predicted molar refractivity (Wildman–Crippen MR) is 113 cm³/mol. The van der Waals surface area contributed by atoms with Crippen LogP contribution in [0.5, 0.6) is 0 Å². The molecule has 1 aliphatic rings. The van der Waals surface area contributed by atoms with Crippen molar-refractivity contribution in [2.75, 3.05) is 5.32 Å². The van der Waals surface area contributed by atoms with Crippen molar-refractivity contribution >= 4 is 11.6 Å². The third kappa shape index (κ3) is 3.69. The van der Waals surface area contributed by atoms with Crippen LogP contribution in [-0.4, -0.2) is 30.7 Å². The average Bonchev–Trinajstić information content (AvgIpc) is 3.26. The molecule has 1 saturated carbocycles. The highest BCUT2D eigenvalue weighted by atomic mass is 16.1. The summed E-state index contributed by atoms with van der Waals surface area (Å²) in [6, 6.07) is 8.32. The molecule has 1 aromatic carbocycles. The van der Waals surface area contributed by atoms with E-state index in [1.807, 2.05) is 38.1 Å². The Hall–Kier alpha value is -2.96. The molecule has 7 heteroatoms. The smallest absolute Gasteiger partial charge is 0.257 e. The summed E-state index contributed by atoms with van der Waals surface area (Å²) < 4.78 is 4.04. The number of carbonyl (C=O) groups is 1. The molecule has 1 aliphatic carbocycles. The van der Waals surface area contributed by atoms with Crippen LogP contribution in [0, 0.1) is 27.7 Å². The second-order valence-corrected chi connectivity index (χ2v) is 8.04. The number of hydrogen-bond acceptors (Lipinski definition) is 4. The largest absolute Gasteiger partial charge is 0.345 e. The number of aromatic nitrogens is 5. The number of aryl methyl sites for hydroxylation is 3. The van der Waals surface area contributed by atoms with Gasteiger partial charge in [-0.05, 0) is 74.7 Å². The zero-order chi connectivity index (χ0) is 20.5. The minimum atomic E-state index is -0.0802. The Morgan fingerprint density at radius 1 is 1.07 bits per heavy atom. The summed E-state index contributed by atoms with van der Waals surface area (Å²) in [6.45, 7) is 8.01. The molecule has 1 amide bonds. The molecule has 1 fully saturated rings. The van der Waals surface area contributed by atoms with Gasteiger partial charge in [0, 0.05) is 23.1 Å². The number of hydrogen-bond donors (Lipinski definition) is 1. The Labute approximate surface area is 171 Å². The molecule has 0 bridgehead atoms. The molecular formula is C22H28N6O. The van der Waals surface area contributed by atoms with Crippen LogP contribution < -0.4 is 5.32 Å². The van der Waals surface area contributed by atoms with E-state index in [4.69, 9.17) is 0 Å². The van der Waals surface area contributed by atoms with Crippen molar-refractivity contribution in [3.05, 3.63) is 52.6 Å². The third-order valence-corrected chi connectivity index (χ3v) is 5.99. The molecule has 0 aliphatic heterocycles. The summed E-state index contributed by atoms with van der Waals surface area (Å²) in [5.74, 6) is 0.621. The standard InChI is InChI=1S/C22H28N6O/c1-14-10-11-18(13-21(14)28-17(4)24-25-26-28)23-22(29)20-12-15(2)27(16(20)3)19-8-6-5-7-9-19/h10-13,19H,5-9H2,1-4H3,(H,23,29). The monoisotopic (exact) mass is 392 g/mol. The quantitative estimate of drug-likeness (QED) is 0.711. The Morgan fingerprint density at radius 2 is 1.83 bits per heavy atom. The summed E-state index contributed by atoms with van der Waals surface area (Å²) in [5, 5.41) is 14.8. The number of rotatable bonds is 4. The zero-order valence-corrected chi connectivity index (χ0v) is 17.6. The highest BCUT2D eigenvalue weighted by Gasteiger charge is 2.22. The molecule has 4 rings (SSSR count). The number of tetrazole rings is 1. The Morgan fingerprint density at radius 3 is 2.52 bits per heavy atom. The summed E-state index contributed by atoms with van der Waals surface area (Å²) in [5.41, 5.74) is 5.58. The molecular weight excluding hydrogens is 364 g/mol. The van der Waals surface area contributed by atoms with Crippen LogP contribution in [0.2, 0.25) is 0 Å². The first-order valence-electron chi connectivity index (χ1n) is 10.3. The topological polar surface area (TPSA) is 77.6 Å². The van der Waals surface area contributed by atoms with Crippen LogP contribution in [0.3, 0.4) is 0 Å². The number of nitrogens with one attached hydrogen (secondary N) is 1. The first-order valence-corrected chi connectivity index (χ1v) is 10.3. The van der Waals surface area contributed by atoms with Gasteiger partial charge in [0.1, 0.15) is 0 Å². The molecule has 2 aromatic heterocycles. The van der Waals surface area contributed by atoms with Crippen molar-refractivity contribution in [2.45, 2.75) is 65.8 Å². The van der Waals surface area contributed by atoms with Gasteiger partial charge in [-0.15, -0.1) is 5.10 Å². The number of benzene rings is 1. The fraction of sp³-hybridized carbons (Fsp3) is 0.455. The molecule has 29 heavy (non-hydrogen) atoms. The predicted octanol–water partition coefficient (Wildman–Crippen LogP) is 4.45. The Kier molecular flexibility index (Phi) is 5.22. The van der Waals surface area contributed by atoms with E-state index >= 15 is 0 Å². The van der Waals surface area contributed by atoms with Crippen molar-refractivity contribution in [1.82, 2.24) is 24.8 Å². The van der Waals surface area contributed by atoms with E-state index in [0.29, 0.717) is 11.9 Å². The summed E-state index contributed by atoms with van der Waals surface area (Å²) in [7, 11) is 0. The number of carbonyl (C=O) groups excluding carboxylic acids is 1. The minimum Gasteiger partial charge on any atom is -0.345 e. The van der Waals surface area contributed by atoms with Crippen molar-refractivity contribution < 1.29 is 4.79 Å². The first-order chi connectivity index (χ1) is 14.0. The van der Waals surface area contributed by atoms with Crippen molar-refractivity contribution in [2.24, 2.45) is 0 Å². The molecule has 0 unspecified atom stereocenters. The van der Waals surface area contributed by atoms with E-state index in [1.165, 1.54) is 32.1 Å². The maximum atomic E-state index is 13.1. The lowest BCUT2D eigenvalue weighted by Crippen LogP contribution is -2.17. The van der Waals surface area contributed by atoms with Gasteiger partial charge in [0.25, 0.3) is 5.91 Å². The van der Waals surface area contributed by atoms with Gasteiger partial charge in [0.05, 0.1) is 11.3 Å². The van der Waals surface area contributed by atoms with Gasteiger partial charge in [-0.3, -0.25) is 4.79 Å². The second-order valence-electron chi connectivity index (χ2n) is 8.04. The average molecular weight is 393 g/mol. The van der Waals surface area contributed by atoms with E-state index in [9.17, 15) is 4.79 Å². The van der Waals surface area contributed by atoms with Gasteiger partial charge < -0.3 is 9.88 Å². The summed E-state index contributed by atoms with van der Waals surface area (Å²) >= 11 is 0. The number of nitrogens with zero attached hydrogens (tertiary/aromatic N) is 5. The number of anilines is 1. The molecule has 152 valence electrons. The van der Waals surface area contributed by atoms with Gasteiger partial charge >= 0.3 is 0 Å². The molecule has 0 atom stereocenters. The number of amides is 1. The normalized spacial score (nSPS) is 14.9. The van der Waals surface area contributed by atoms with Crippen LogP contribution >= 0.6 is 0 Å². The highest BCUT2D eigenvalue weighted by molar-refractivity contribution is 6.05. The van der Waals surface area contributed by atoms with Gasteiger partial charge in [-0.1, -0.05) is 25.3 Å². The fourth-order valence-electron chi connectivity index (χ4n) is 4.48. The molecule has 0 spiro atoms. The van der Waals surface area contributed by atoms with E-state index in [1.54, 1.807) is 4.68 Å². The summed E-state index contributed by atoms with van der Waals surface area (Å²) in [6.07, 6.45) is 6.26. The third-order valence-electron chi connectivity index (χ3n) is 5.99. The van der Waals surface area contributed by atoms with E-state index < -0.39 is 0 Å². The lowest BCUT2D eigenvalue weighted by atomic mass is 9.95. The SMILES string of the molecule is Cc1ccc(NC(=O)c2cc(C)n(C3CCCCC3)c2C)cc1-n1nnnc1C. The van der Waals surface area contributed by atoms with Gasteiger partial charge in [-0.25, -0.2) is 0 Å². The lowest BCUT2D eigenvalue weighted by molar-refractivity contribution is 0.102. The maximum absolute atomic E-state index is 13.1. The van der Waals surface area contributed by atoms with Gasteiger partial charge in [0.2, 0.25) is 0 Å². The Balaban J connectivity index is 1.60. The highest BCUT2D eigenvalue weighted by Crippen LogP contribution is 2.32. The van der Waals surface area contributed by atoms with Crippen LogP contribution in [0.4, 0.5) is 5.69 Å². The molecule has 0 saturated heterocycles. The molecule has 0 radical (unpaired) electrons. The summed E-state index contributed by atoms with van der Waals surface area (Å²) in [4.78, 5) is 13.1. The van der Waals surface area contributed by atoms with Crippen LogP contribution in [0.15, 0.2) is 24.3 Å². The Bertz CT molecular complexity index is 1040. The minimum absolute atomic E-state index is 0.0802. The van der Waals surface area contributed by atoms with Crippen LogP contribution in [0.1, 0.15) is 71.3 Å². The van der Waals surface area contributed by atoms with E-state index in [2.05, 4.69) is 39.3 Å². The molecule has 7 nitrogen and oxygen atoms in total. The lowest BCUT2D eigenvalue weighted by Gasteiger charge is -2.26. The van der Waals surface area contributed by atoms with Crippen LogP contribution in [-0.2, 0) is 0 Å². The molecule has 3 aromatic rings.